The third-order valence-corrected chi connectivity index (χ3v) is 3.06. The Balaban J connectivity index is 2.71. The van der Waals surface area contributed by atoms with Crippen LogP contribution in [0.1, 0.15) is 24.9 Å². The van der Waals surface area contributed by atoms with Crippen molar-refractivity contribution in [2.24, 2.45) is 5.92 Å². The number of ether oxygens (including phenoxy) is 1. The Labute approximate surface area is 103 Å². The van der Waals surface area contributed by atoms with Crippen LogP contribution >= 0.6 is 11.6 Å². The van der Waals surface area contributed by atoms with Crippen molar-refractivity contribution in [3.63, 3.8) is 0 Å². The van der Waals surface area contributed by atoms with E-state index in [1.807, 2.05) is 25.2 Å². The minimum absolute atomic E-state index is 0.291. The maximum absolute atomic E-state index is 6.19. The van der Waals surface area contributed by atoms with E-state index >= 15 is 0 Å². The molecule has 0 bridgehead atoms. The van der Waals surface area contributed by atoms with Gasteiger partial charge in [-0.1, -0.05) is 36.7 Å². The first-order valence-electron chi connectivity index (χ1n) is 5.59. The van der Waals surface area contributed by atoms with Gasteiger partial charge in [0.05, 0.1) is 0 Å². The first-order valence-corrected chi connectivity index (χ1v) is 5.97. The molecule has 0 aliphatic carbocycles. The summed E-state index contributed by atoms with van der Waals surface area (Å²) in [4.78, 5) is 0. The zero-order chi connectivity index (χ0) is 12.0. The number of hydrogen-bond donors (Lipinski definition) is 1. The van der Waals surface area contributed by atoms with Crippen molar-refractivity contribution < 1.29 is 4.74 Å². The van der Waals surface area contributed by atoms with Gasteiger partial charge in [-0.15, -0.1) is 0 Å². The fourth-order valence-corrected chi connectivity index (χ4v) is 2.18. The number of nitrogens with one attached hydrogen (secondary N) is 1. The Kier molecular flexibility index (Phi) is 5.81. The Morgan fingerprint density at radius 1 is 1.38 bits per heavy atom. The highest BCUT2D eigenvalue weighted by Crippen LogP contribution is 2.27. The highest BCUT2D eigenvalue weighted by Gasteiger charge is 2.15. The van der Waals surface area contributed by atoms with Gasteiger partial charge in [0.2, 0.25) is 0 Å². The molecule has 0 fully saturated rings. The van der Waals surface area contributed by atoms with Gasteiger partial charge in [0.25, 0.3) is 0 Å². The summed E-state index contributed by atoms with van der Waals surface area (Å²) < 4.78 is 5.15. The fourth-order valence-electron chi connectivity index (χ4n) is 1.91. The van der Waals surface area contributed by atoms with Gasteiger partial charge in [-0.05, 0) is 31.0 Å². The van der Waals surface area contributed by atoms with Crippen LogP contribution in [0.2, 0.25) is 5.02 Å². The van der Waals surface area contributed by atoms with Crippen LogP contribution in [-0.2, 0) is 4.74 Å². The van der Waals surface area contributed by atoms with E-state index in [4.69, 9.17) is 16.3 Å². The summed E-state index contributed by atoms with van der Waals surface area (Å²) in [5.41, 5.74) is 1.16. The van der Waals surface area contributed by atoms with E-state index < -0.39 is 0 Å². The lowest BCUT2D eigenvalue weighted by atomic mass is 9.96. The Hall–Kier alpha value is -0.570. The molecule has 0 saturated heterocycles. The second-order valence-corrected chi connectivity index (χ2v) is 4.57. The minimum Gasteiger partial charge on any atom is -0.384 e. The second kappa shape index (κ2) is 6.89. The molecule has 0 heterocycles. The van der Waals surface area contributed by atoms with Crippen molar-refractivity contribution >= 4 is 11.6 Å². The molecule has 1 N–H and O–H groups in total. The fraction of sp³-hybridized carbons (Fsp3) is 0.538. The number of hydrogen-bond acceptors (Lipinski definition) is 2. The van der Waals surface area contributed by atoms with Crippen LogP contribution in [-0.4, -0.2) is 20.8 Å². The molecular weight excluding hydrogens is 222 g/mol. The summed E-state index contributed by atoms with van der Waals surface area (Å²) in [6, 6.07) is 8.27. The van der Waals surface area contributed by atoms with Crippen molar-refractivity contribution in [2.45, 2.75) is 19.4 Å². The molecule has 0 spiro atoms. The Morgan fingerprint density at radius 2 is 2.06 bits per heavy atom. The third-order valence-electron chi connectivity index (χ3n) is 2.72. The van der Waals surface area contributed by atoms with E-state index in [2.05, 4.69) is 18.3 Å². The lowest BCUT2D eigenvalue weighted by molar-refractivity contribution is 0.150. The van der Waals surface area contributed by atoms with E-state index in [0.29, 0.717) is 12.0 Å². The van der Waals surface area contributed by atoms with Gasteiger partial charge in [0.1, 0.15) is 0 Å². The third kappa shape index (κ3) is 3.78. The monoisotopic (exact) mass is 241 g/mol. The summed E-state index contributed by atoms with van der Waals surface area (Å²) >= 11 is 6.19. The average molecular weight is 242 g/mol. The molecule has 2 atom stereocenters. The maximum atomic E-state index is 6.19. The highest BCUT2D eigenvalue weighted by atomic mass is 35.5. The molecule has 0 aliphatic heterocycles. The summed E-state index contributed by atoms with van der Waals surface area (Å²) in [5, 5.41) is 4.13. The number of rotatable bonds is 6. The van der Waals surface area contributed by atoms with Gasteiger partial charge in [0.15, 0.2) is 0 Å². The molecule has 0 saturated carbocycles. The smallest absolute Gasteiger partial charge is 0.0488 e. The molecule has 2 unspecified atom stereocenters. The molecule has 1 rings (SSSR count). The predicted molar refractivity (Wildman–Crippen MR) is 68.9 cm³/mol. The highest BCUT2D eigenvalue weighted by molar-refractivity contribution is 6.31. The number of benzene rings is 1. The van der Waals surface area contributed by atoms with Gasteiger partial charge in [0, 0.05) is 24.8 Å². The van der Waals surface area contributed by atoms with Crippen LogP contribution in [0.4, 0.5) is 0 Å². The predicted octanol–water partition coefficient (Wildman–Crippen LogP) is 3.27. The molecule has 0 amide bonds. The molecule has 16 heavy (non-hydrogen) atoms. The van der Waals surface area contributed by atoms with Crippen LogP contribution in [0.15, 0.2) is 24.3 Å². The second-order valence-electron chi connectivity index (χ2n) is 4.16. The first kappa shape index (κ1) is 13.5. The molecule has 0 aliphatic rings. The van der Waals surface area contributed by atoms with E-state index in [-0.39, 0.29) is 0 Å². The molecule has 1 aromatic carbocycles. The lowest BCUT2D eigenvalue weighted by Crippen LogP contribution is -2.21. The van der Waals surface area contributed by atoms with Crippen LogP contribution in [0.25, 0.3) is 0 Å². The Morgan fingerprint density at radius 3 is 2.62 bits per heavy atom. The molecule has 1 aromatic rings. The molecule has 0 aromatic heterocycles. The van der Waals surface area contributed by atoms with Crippen molar-refractivity contribution in [1.82, 2.24) is 5.32 Å². The zero-order valence-electron chi connectivity index (χ0n) is 10.2. The molecule has 2 nitrogen and oxygen atoms in total. The minimum atomic E-state index is 0.291. The molecule has 90 valence electrons. The van der Waals surface area contributed by atoms with Crippen molar-refractivity contribution in [1.29, 1.82) is 0 Å². The lowest BCUT2D eigenvalue weighted by Gasteiger charge is -2.21. The van der Waals surface area contributed by atoms with Crippen LogP contribution in [0.3, 0.4) is 0 Å². The molecular formula is C13H20ClNO. The van der Waals surface area contributed by atoms with Gasteiger partial charge in [-0.2, -0.15) is 0 Å². The van der Waals surface area contributed by atoms with Crippen LogP contribution in [0, 0.1) is 5.92 Å². The molecule has 3 heteroatoms. The quantitative estimate of drug-likeness (QED) is 0.826. The number of halogens is 1. The maximum Gasteiger partial charge on any atom is 0.0488 e. The van der Waals surface area contributed by atoms with Crippen molar-refractivity contribution in [2.75, 3.05) is 20.8 Å². The molecule has 0 radical (unpaired) electrons. The number of methoxy groups -OCH3 is 1. The average Bonchev–Trinajstić information content (AvgIpc) is 2.27. The standard InChI is InChI=1S/C13H20ClNO/c1-10(9-16-3)8-13(15-2)11-6-4-5-7-12(11)14/h4-7,10,13,15H,8-9H2,1-3H3. The van der Waals surface area contributed by atoms with E-state index in [9.17, 15) is 0 Å². The summed E-state index contributed by atoms with van der Waals surface area (Å²) in [7, 11) is 3.70. The summed E-state index contributed by atoms with van der Waals surface area (Å²) in [5.74, 6) is 0.513. The SMILES string of the molecule is CNC(CC(C)COC)c1ccccc1Cl. The van der Waals surface area contributed by atoms with Crippen molar-refractivity contribution in [3.05, 3.63) is 34.9 Å². The van der Waals surface area contributed by atoms with E-state index in [1.54, 1.807) is 7.11 Å². The van der Waals surface area contributed by atoms with E-state index in [1.165, 1.54) is 0 Å². The largest absolute Gasteiger partial charge is 0.384 e. The topological polar surface area (TPSA) is 21.3 Å². The van der Waals surface area contributed by atoms with Gasteiger partial charge in [-0.25, -0.2) is 0 Å². The first-order chi connectivity index (χ1) is 7.69. The van der Waals surface area contributed by atoms with Gasteiger partial charge < -0.3 is 10.1 Å². The Bertz CT molecular complexity index is 317. The summed E-state index contributed by atoms with van der Waals surface area (Å²) in [6.45, 7) is 2.97. The van der Waals surface area contributed by atoms with Crippen molar-refractivity contribution in [3.8, 4) is 0 Å². The summed E-state index contributed by atoms with van der Waals surface area (Å²) in [6.07, 6.45) is 1.02. The van der Waals surface area contributed by atoms with Crippen LogP contribution < -0.4 is 5.32 Å². The van der Waals surface area contributed by atoms with E-state index in [0.717, 1.165) is 23.6 Å². The van der Waals surface area contributed by atoms with Gasteiger partial charge >= 0.3 is 0 Å². The van der Waals surface area contributed by atoms with Crippen LogP contribution in [0.5, 0.6) is 0 Å². The zero-order valence-corrected chi connectivity index (χ0v) is 10.9. The normalized spacial score (nSPS) is 14.8. The van der Waals surface area contributed by atoms with Gasteiger partial charge in [-0.3, -0.25) is 0 Å².